The number of nitrogens with one attached hydrogen (secondary N) is 1. The van der Waals surface area contributed by atoms with E-state index in [4.69, 9.17) is 0 Å². The zero-order chi connectivity index (χ0) is 19.5. The second kappa shape index (κ2) is 7.73. The third kappa shape index (κ3) is 3.44. The number of benzene rings is 1. The van der Waals surface area contributed by atoms with Gasteiger partial charge in [-0.05, 0) is 30.7 Å². The molecule has 9 heteroatoms. The molecule has 28 heavy (non-hydrogen) atoms. The monoisotopic (exact) mass is 396 g/mol. The van der Waals surface area contributed by atoms with Crippen LogP contribution in [0.25, 0.3) is 11.5 Å². The summed E-state index contributed by atoms with van der Waals surface area (Å²) < 4.78 is 17.5. The van der Waals surface area contributed by atoms with Crippen LogP contribution in [0.4, 0.5) is 9.52 Å². The number of hydrogen-bond acceptors (Lipinski definition) is 5. The van der Waals surface area contributed by atoms with Gasteiger partial charge in [0.1, 0.15) is 22.1 Å². The van der Waals surface area contributed by atoms with Crippen LogP contribution in [0.1, 0.15) is 28.7 Å². The van der Waals surface area contributed by atoms with Crippen molar-refractivity contribution < 1.29 is 9.18 Å². The number of anilines is 1. The summed E-state index contributed by atoms with van der Waals surface area (Å²) in [6.45, 7) is 2.06. The summed E-state index contributed by atoms with van der Waals surface area (Å²) in [6, 6.07) is 9.93. The molecule has 0 spiro atoms. The maximum absolute atomic E-state index is 14.3. The predicted octanol–water partition coefficient (Wildman–Crippen LogP) is 3.86. The Balaban J connectivity index is 1.73. The average molecular weight is 396 g/mol. The fourth-order valence-electron chi connectivity index (χ4n) is 2.81. The minimum Gasteiger partial charge on any atom is -0.308 e. The normalized spacial score (nSPS) is 10.9. The minimum atomic E-state index is -0.431. The minimum absolute atomic E-state index is 0.256. The van der Waals surface area contributed by atoms with Gasteiger partial charge < -0.3 is 4.57 Å². The summed E-state index contributed by atoms with van der Waals surface area (Å²) in [5.74, 6) is -0.379. The maximum Gasteiger partial charge on any atom is 0.262 e. The van der Waals surface area contributed by atoms with Crippen LogP contribution in [0.15, 0.2) is 55.0 Å². The first-order valence-electron chi connectivity index (χ1n) is 8.77. The zero-order valence-corrected chi connectivity index (χ0v) is 15.9. The van der Waals surface area contributed by atoms with E-state index in [1.54, 1.807) is 35.2 Å². The Morgan fingerprint density at radius 2 is 1.96 bits per heavy atom. The molecule has 142 valence electrons. The molecule has 0 fully saturated rings. The molecule has 3 heterocycles. The predicted molar refractivity (Wildman–Crippen MR) is 105 cm³/mol. The number of aryl methyl sites for hydroxylation is 1. The molecule has 0 saturated heterocycles. The number of carbonyl (C=O) groups is 1. The highest BCUT2D eigenvalue weighted by Gasteiger charge is 2.22. The number of para-hydroxylation sites is 1. The van der Waals surface area contributed by atoms with Crippen molar-refractivity contribution in [2.75, 3.05) is 5.32 Å². The second-order valence-corrected chi connectivity index (χ2v) is 7.10. The van der Waals surface area contributed by atoms with E-state index < -0.39 is 5.82 Å². The fourth-order valence-corrected chi connectivity index (χ4v) is 3.65. The molecule has 0 aliphatic heterocycles. The van der Waals surface area contributed by atoms with Crippen LogP contribution in [0, 0.1) is 5.82 Å². The Morgan fingerprint density at radius 1 is 1.18 bits per heavy atom. The molecule has 4 aromatic rings. The summed E-state index contributed by atoms with van der Waals surface area (Å²) in [6.07, 6.45) is 6.74. The molecule has 0 radical (unpaired) electrons. The quantitative estimate of drug-likeness (QED) is 0.537. The van der Waals surface area contributed by atoms with Crippen molar-refractivity contribution in [2.24, 2.45) is 0 Å². The lowest BCUT2D eigenvalue weighted by Gasteiger charge is -2.11. The molecule has 1 amide bonds. The Morgan fingerprint density at radius 3 is 2.71 bits per heavy atom. The molecule has 0 unspecified atom stereocenters. The summed E-state index contributed by atoms with van der Waals surface area (Å²) in [5.41, 5.74) is 0.554. The van der Waals surface area contributed by atoms with Crippen LogP contribution >= 0.6 is 11.3 Å². The zero-order valence-electron chi connectivity index (χ0n) is 15.0. The topological polar surface area (TPSA) is 77.6 Å². The van der Waals surface area contributed by atoms with Gasteiger partial charge in [0.15, 0.2) is 5.82 Å². The van der Waals surface area contributed by atoms with Crippen molar-refractivity contribution in [3.8, 4) is 11.5 Å². The lowest BCUT2D eigenvalue weighted by Crippen LogP contribution is -2.15. The Bertz CT molecular complexity index is 1100. The van der Waals surface area contributed by atoms with Crippen LogP contribution in [0.3, 0.4) is 0 Å². The van der Waals surface area contributed by atoms with Crippen LogP contribution < -0.4 is 5.32 Å². The lowest BCUT2D eigenvalue weighted by molar-refractivity contribution is 0.102. The second-order valence-electron chi connectivity index (χ2n) is 6.04. The van der Waals surface area contributed by atoms with Crippen LogP contribution in [0.2, 0.25) is 0 Å². The van der Waals surface area contributed by atoms with E-state index in [9.17, 15) is 9.18 Å². The number of aromatic nitrogens is 5. The van der Waals surface area contributed by atoms with E-state index in [0.717, 1.165) is 17.8 Å². The van der Waals surface area contributed by atoms with Gasteiger partial charge in [0.25, 0.3) is 5.91 Å². The van der Waals surface area contributed by atoms with Gasteiger partial charge in [-0.15, -0.1) is 10.2 Å². The molecule has 1 aromatic carbocycles. The van der Waals surface area contributed by atoms with E-state index >= 15 is 0 Å². The van der Waals surface area contributed by atoms with Crippen molar-refractivity contribution in [1.82, 2.24) is 24.5 Å². The molecular weight excluding hydrogens is 379 g/mol. The summed E-state index contributed by atoms with van der Waals surface area (Å²) in [4.78, 5) is 12.9. The molecular formula is C19H17FN6OS. The number of halogens is 1. The molecule has 3 aromatic heterocycles. The van der Waals surface area contributed by atoms with Gasteiger partial charge in [-0.1, -0.05) is 30.4 Å². The van der Waals surface area contributed by atoms with Crippen LogP contribution in [-0.2, 0) is 6.42 Å². The third-order valence-electron chi connectivity index (χ3n) is 4.07. The molecule has 7 nitrogen and oxygen atoms in total. The highest BCUT2D eigenvalue weighted by atomic mass is 32.1. The largest absolute Gasteiger partial charge is 0.308 e. The summed E-state index contributed by atoms with van der Waals surface area (Å²) >= 11 is 1.34. The van der Waals surface area contributed by atoms with Gasteiger partial charge in [-0.2, -0.15) is 5.10 Å². The molecule has 0 bridgehead atoms. The van der Waals surface area contributed by atoms with Gasteiger partial charge in [0, 0.05) is 18.8 Å². The van der Waals surface area contributed by atoms with Crippen molar-refractivity contribution >= 4 is 22.4 Å². The molecule has 1 N–H and O–H groups in total. The fraction of sp³-hybridized carbons (Fsp3) is 0.158. The number of carbonyl (C=O) groups excluding carboxylic acids is 1. The van der Waals surface area contributed by atoms with Crippen LogP contribution in [0.5, 0.6) is 0 Å². The Kier molecular flexibility index (Phi) is 4.98. The van der Waals surface area contributed by atoms with Crippen molar-refractivity contribution in [3.05, 3.63) is 71.4 Å². The van der Waals surface area contributed by atoms with Crippen molar-refractivity contribution in [3.63, 3.8) is 0 Å². The van der Waals surface area contributed by atoms with Crippen molar-refractivity contribution in [2.45, 2.75) is 19.8 Å². The first-order chi connectivity index (χ1) is 13.7. The van der Waals surface area contributed by atoms with E-state index in [-0.39, 0.29) is 11.6 Å². The molecule has 0 saturated carbocycles. The van der Waals surface area contributed by atoms with Gasteiger partial charge in [-0.25, -0.2) is 9.07 Å². The SMILES string of the molecule is CCCc1nnc(NC(=O)c2cnn(-c3ccccc3F)c2-n2cccc2)s1. The standard InChI is InChI=1S/C19H17FN6OS/c1-2-7-16-23-24-19(28-16)22-17(27)13-12-21-26(15-9-4-3-8-14(15)20)18(13)25-10-5-6-11-25/h3-6,8-12H,2,7H2,1H3,(H,22,24,27). The number of nitrogens with zero attached hydrogens (tertiary/aromatic N) is 5. The average Bonchev–Trinajstić information content (AvgIpc) is 3.42. The molecule has 0 aliphatic carbocycles. The Labute approximate surface area is 164 Å². The molecule has 0 atom stereocenters. The van der Waals surface area contributed by atoms with E-state index in [1.807, 2.05) is 12.1 Å². The van der Waals surface area contributed by atoms with Gasteiger partial charge >= 0.3 is 0 Å². The highest BCUT2D eigenvalue weighted by Crippen LogP contribution is 2.23. The Hall–Kier alpha value is -3.33. The van der Waals surface area contributed by atoms with Crippen molar-refractivity contribution in [1.29, 1.82) is 0 Å². The maximum atomic E-state index is 14.3. The summed E-state index contributed by atoms with van der Waals surface area (Å²) in [5, 5.41) is 16.4. The van der Waals surface area contributed by atoms with E-state index in [1.165, 1.54) is 28.3 Å². The number of rotatable bonds is 6. The molecule has 4 rings (SSSR count). The third-order valence-corrected chi connectivity index (χ3v) is 4.97. The smallest absolute Gasteiger partial charge is 0.262 e. The summed E-state index contributed by atoms with van der Waals surface area (Å²) in [7, 11) is 0. The first kappa shape index (κ1) is 18.1. The highest BCUT2D eigenvalue weighted by molar-refractivity contribution is 7.15. The van der Waals surface area contributed by atoms with Crippen LogP contribution in [-0.4, -0.2) is 30.5 Å². The van der Waals surface area contributed by atoms with E-state index in [2.05, 4.69) is 27.5 Å². The number of hydrogen-bond donors (Lipinski definition) is 1. The van der Waals surface area contributed by atoms with Gasteiger partial charge in [0.05, 0.1) is 6.20 Å². The first-order valence-corrected chi connectivity index (χ1v) is 9.59. The lowest BCUT2D eigenvalue weighted by atomic mass is 10.2. The molecule has 0 aliphatic rings. The van der Waals surface area contributed by atoms with Gasteiger partial charge in [0.2, 0.25) is 5.13 Å². The van der Waals surface area contributed by atoms with Gasteiger partial charge in [-0.3, -0.25) is 10.1 Å². The number of amides is 1. The van der Waals surface area contributed by atoms with E-state index in [0.29, 0.717) is 16.5 Å².